The van der Waals surface area contributed by atoms with E-state index >= 15 is 0 Å². The van der Waals surface area contributed by atoms with Gasteiger partial charge in [0.2, 0.25) is 0 Å². The minimum atomic E-state index is 0.418. The van der Waals surface area contributed by atoms with E-state index in [4.69, 9.17) is 4.42 Å². The topological polar surface area (TPSA) is 43.9 Å². The van der Waals surface area contributed by atoms with Crippen LogP contribution >= 0.6 is 0 Å². The second-order valence-electron chi connectivity index (χ2n) is 7.22. The van der Waals surface area contributed by atoms with Crippen molar-refractivity contribution in [2.45, 2.75) is 39.5 Å². The third kappa shape index (κ3) is 2.62. The maximum atomic E-state index is 5.48. The fourth-order valence-corrected chi connectivity index (χ4v) is 3.54. The van der Waals surface area contributed by atoms with Crippen molar-refractivity contribution in [3.63, 3.8) is 0 Å². The van der Waals surface area contributed by atoms with Crippen LogP contribution in [0.1, 0.15) is 50.7 Å². The molecule has 0 aliphatic rings. The van der Waals surface area contributed by atoms with Gasteiger partial charge in [0.05, 0.1) is 5.69 Å². The molecule has 0 atom stereocenters. The molecule has 0 aliphatic carbocycles. The first-order valence-corrected chi connectivity index (χ1v) is 9.07. The van der Waals surface area contributed by atoms with Gasteiger partial charge in [0, 0.05) is 18.0 Å². The van der Waals surface area contributed by atoms with Crippen LogP contribution in [0.4, 0.5) is 0 Å². The highest BCUT2D eigenvalue weighted by molar-refractivity contribution is 5.89. The summed E-state index contributed by atoms with van der Waals surface area (Å²) in [6, 6.07) is 12.6. The van der Waals surface area contributed by atoms with Crippen LogP contribution in [0, 0.1) is 0 Å². The summed E-state index contributed by atoms with van der Waals surface area (Å²) in [6.07, 6.45) is 5.39. The van der Waals surface area contributed by atoms with Crippen molar-refractivity contribution in [1.82, 2.24) is 14.5 Å². The van der Waals surface area contributed by atoms with E-state index in [1.165, 1.54) is 23.2 Å². The Kier molecular flexibility index (Phi) is 4.11. The average molecular weight is 345 g/mol. The summed E-state index contributed by atoms with van der Waals surface area (Å²) in [6.45, 7) is 8.94. The molecule has 0 fully saturated rings. The number of para-hydroxylation sites is 2. The number of rotatable bonds is 4. The van der Waals surface area contributed by atoms with E-state index in [2.05, 4.69) is 66.5 Å². The van der Waals surface area contributed by atoms with Crippen LogP contribution in [0.3, 0.4) is 0 Å². The number of hydrogen-bond donors (Lipinski definition) is 0. The Labute approximate surface area is 153 Å². The Bertz CT molecular complexity index is 1030. The number of aromatic nitrogens is 3. The van der Waals surface area contributed by atoms with Gasteiger partial charge in [-0.15, -0.1) is 0 Å². The third-order valence-electron chi connectivity index (χ3n) is 4.83. The molecule has 0 radical (unpaired) electrons. The SMILES string of the molecule is CC(C)c1cccc(C(C)C)c1-n1ccnc1-c1cccc2ocnc12. The van der Waals surface area contributed by atoms with Gasteiger partial charge in [-0.25, -0.2) is 9.97 Å². The number of hydrogen-bond acceptors (Lipinski definition) is 3. The van der Waals surface area contributed by atoms with Crippen LogP contribution in [-0.4, -0.2) is 14.5 Å². The lowest BCUT2D eigenvalue weighted by molar-refractivity contribution is 0.602. The van der Waals surface area contributed by atoms with Crippen molar-refractivity contribution in [2.75, 3.05) is 0 Å². The minimum absolute atomic E-state index is 0.418. The Morgan fingerprint density at radius 1 is 0.885 bits per heavy atom. The van der Waals surface area contributed by atoms with E-state index in [0.717, 1.165) is 22.5 Å². The van der Waals surface area contributed by atoms with E-state index in [1.54, 1.807) is 0 Å². The quantitative estimate of drug-likeness (QED) is 0.460. The number of oxazole rings is 1. The maximum absolute atomic E-state index is 5.48. The Hall–Kier alpha value is -2.88. The molecule has 0 amide bonds. The van der Waals surface area contributed by atoms with Gasteiger partial charge in [0.25, 0.3) is 0 Å². The molecule has 0 aliphatic heterocycles. The van der Waals surface area contributed by atoms with Crippen molar-refractivity contribution >= 4 is 11.1 Å². The fraction of sp³-hybridized carbons (Fsp3) is 0.273. The Morgan fingerprint density at radius 2 is 1.58 bits per heavy atom. The highest BCUT2D eigenvalue weighted by atomic mass is 16.3. The van der Waals surface area contributed by atoms with E-state index < -0.39 is 0 Å². The molecule has 0 saturated carbocycles. The van der Waals surface area contributed by atoms with Crippen molar-refractivity contribution in [2.24, 2.45) is 0 Å². The summed E-state index contributed by atoms with van der Waals surface area (Å²) in [5.74, 6) is 1.73. The summed E-state index contributed by atoms with van der Waals surface area (Å²) in [4.78, 5) is 9.08. The molecular formula is C22H23N3O. The lowest BCUT2D eigenvalue weighted by atomic mass is 9.92. The van der Waals surface area contributed by atoms with Gasteiger partial charge in [0.1, 0.15) is 11.3 Å². The summed E-state index contributed by atoms with van der Waals surface area (Å²) < 4.78 is 7.68. The van der Waals surface area contributed by atoms with Crippen molar-refractivity contribution < 1.29 is 4.42 Å². The third-order valence-corrected chi connectivity index (χ3v) is 4.83. The molecule has 4 rings (SSSR count). The molecule has 4 nitrogen and oxygen atoms in total. The van der Waals surface area contributed by atoms with E-state index in [1.807, 2.05) is 24.5 Å². The molecule has 2 heterocycles. The highest BCUT2D eigenvalue weighted by Crippen LogP contribution is 2.35. The summed E-state index contributed by atoms with van der Waals surface area (Å²) in [5.41, 5.74) is 6.47. The molecule has 4 heteroatoms. The van der Waals surface area contributed by atoms with Gasteiger partial charge in [-0.2, -0.15) is 0 Å². The number of fused-ring (bicyclic) bond motifs is 1. The minimum Gasteiger partial charge on any atom is -0.443 e. The largest absolute Gasteiger partial charge is 0.443 e. The van der Waals surface area contributed by atoms with Crippen LogP contribution < -0.4 is 0 Å². The average Bonchev–Trinajstić information content (AvgIpc) is 3.29. The van der Waals surface area contributed by atoms with Crippen LogP contribution in [0.25, 0.3) is 28.2 Å². The van der Waals surface area contributed by atoms with Gasteiger partial charge < -0.3 is 4.42 Å². The van der Waals surface area contributed by atoms with Gasteiger partial charge >= 0.3 is 0 Å². The molecule has 0 unspecified atom stereocenters. The van der Waals surface area contributed by atoms with Crippen molar-refractivity contribution in [3.05, 3.63) is 66.3 Å². The molecule has 132 valence electrons. The standard InChI is InChI=1S/C22H23N3O/c1-14(2)16-7-5-8-17(15(3)4)21(16)25-12-11-23-22(25)18-9-6-10-19-20(18)24-13-26-19/h5-15H,1-4H3. The maximum Gasteiger partial charge on any atom is 0.182 e. The predicted molar refractivity (Wildman–Crippen MR) is 105 cm³/mol. The van der Waals surface area contributed by atoms with Gasteiger partial charge in [0.15, 0.2) is 12.0 Å². The second kappa shape index (κ2) is 6.45. The molecule has 2 aromatic heterocycles. The highest BCUT2D eigenvalue weighted by Gasteiger charge is 2.20. The Morgan fingerprint density at radius 3 is 2.27 bits per heavy atom. The zero-order valence-electron chi connectivity index (χ0n) is 15.6. The van der Waals surface area contributed by atoms with E-state index in [9.17, 15) is 0 Å². The molecule has 0 spiro atoms. The van der Waals surface area contributed by atoms with Crippen LogP contribution in [-0.2, 0) is 0 Å². The molecular weight excluding hydrogens is 322 g/mol. The van der Waals surface area contributed by atoms with Gasteiger partial charge in [-0.1, -0.05) is 52.0 Å². The van der Waals surface area contributed by atoms with Crippen LogP contribution in [0.5, 0.6) is 0 Å². The molecule has 0 saturated heterocycles. The van der Waals surface area contributed by atoms with Crippen molar-refractivity contribution in [3.8, 4) is 17.1 Å². The van der Waals surface area contributed by atoms with Gasteiger partial charge in [-0.3, -0.25) is 4.57 Å². The molecule has 2 aromatic carbocycles. The number of imidazole rings is 1. The van der Waals surface area contributed by atoms with Crippen LogP contribution in [0.15, 0.2) is 59.6 Å². The normalized spacial score (nSPS) is 11.8. The second-order valence-corrected chi connectivity index (χ2v) is 7.22. The molecule has 0 N–H and O–H groups in total. The van der Waals surface area contributed by atoms with Crippen LogP contribution in [0.2, 0.25) is 0 Å². The first kappa shape index (κ1) is 16.6. The zero-order valence-corrected chi connectivity index (χ0v) is 15.6. The molecule has 26 heavy (non-hydrogen) atoms. The molecule has 4 aromatic rings. The lowest BCUT2D eigenvalue weighted by Gasteiger charge is -2.21. The fourth-order valence-electron chi connectivity index (χ4n) is 3.54. The molecule has 0 bridgehead atoms. The van der Waals surface area contributed by atoms with E-state index in [-0.39, 0.29) is 0 Å². The summed E-state index contributed by atoms with van der Waals surface area (Å²) >= 11 is 0. The first-order chi connectivity index (χ1) is 12.6. The smallest absolute Gasteiger partial charge is 0.182 e. The van der Waals surface area contributed by atoms with Gasteiger partial charge in [-0.05, 0) is 35.1 Å². The lowest BCUT2D eigenvalue weighted by Crippen LogP contribution is -2.07. The predicted octanol–water partition coefficient (Wildman–Crippen LogP) is 5.93. The van der Waals surface area contributed by atoms with E-state index in [0.29, 0.717) is 11.8 Å². The number of benzene rings is 2. The first-order valence-electron chi connectivity index (χ1n) is 9.07. The summed E-state index contributed by atoms with van der Waals surface area (Å²) in [5, 5.41) is 0. The monoisotopic (exact) mass is 345 g/mol. The number of nitrogens with zero attached hydrogens (tertiary/aromatic N) is 3. The zero-order chi connectivity index (χ0) is 18.3. The Balaban J connectivity index is 2.01. The summed E-state index contributed by atoms with van der Waals surface area (Å²) in [7, 11) is 0. The van der Waals surface area contributed by atoms with Crippen molar-refractivity contribution in [1.29, 1.82) is 0 Å².